The molecule has 0 saturated carbocycles. The zero-order valence-corrected chi connectivity index (χ0v) is 7.35. The van der Waals surface area contributed by atoms with Crippen LogP contribution in [-0.2, 0) is 0 Å². The van der Waals surface area contributed by atoms with Crippen molar-refractivity contribution in [3.63, 3.8) is 0 Å². The first kappa shape index (κ1) is 17.0. The zero-order chi connectivity index (χ0) is 9.15. The Bertz CT molecular complexity index is 34.0. The molecule has 0 fully saturated rings. The van der Waals surface area contributed by atoms with Crippen LogP contribution in [0.1, 0.15) is 0 Å². The predicted octanol–water partition coefficient (Wildman–Crippen LogP) is -0.457. The van der Waals surface area contributed by atoms with Crippen LogP contribution in [0, 0.1) is 0 Å². The molecular weight excluding hydrogens is 205 g/mol. The van der Waals surface area contributed by atoms with Crippen molar-refractivity contribution < 1.29 is 20.2 Å². The van der Waals surface area contributed by atoms with Crippen LogP contribution < -0.4 is 0 Å². The average Bonchev–Trinajstić information content (AvgIpc) is 1.66. The second-order valence-corrected chi connectivity index (χ2v) is 2.57. The van der Waals surface area contributed by atoms with E-state index in [0.717, 1.165) is 7.11 Å². The summed E-state index contributed by atoms with van der Waals surface area (Å²) in [7, 11) is -1.17. The van der Waals surface area contributed by atoms with Gasteiger partial charge in [-0.3, -0.25) is 0 Å². The summed E-state index contributed by atoms with van der Waals surface area (Å²) in [5.74, 6) is 0. The van der Waals surface area contributed by atoms with Crippen molar-refractivity contribution in [2.45, 2.75) is 4.30 Å². The van der Waals surface area contributed by atoms with E-state index in [0.29, 0.717) is 0 Å². The number of alkyl halides is 3. The maximum Gasteiger partial charge on any atom is 0.631 e. The SMILES string of the molecule is CO.ClC(Cl)Cl.OB(O)O. The van der Waals surface area contributed by atoms with Gasteiger partial charge in [-0.05, 0) is 0 Å². The van der Waals surface area contributed by atoms with Gasteiger partial charge < -0.3 is 20.2 Å². The Labute approximate surface area is 74.1 Å². The molecule has 0 aliphatic carbocycles. The number of hydrogen-bond donors (Lipinski definition) is 4. The van der Waals surface area contributed by atoms with E-state index in [9.17, 15) is 0 Å². The molecule has 0 unspecified atom stereocenters. The summed E-state index contributed by atoms with van der Waals surface area (Å²) in [6.45, 7) is 0. The Balaban J connectivity index is -0.0000000787. The van der Waals surface area contributed by atoms with Crippen molar-refractivity contribution in [3.05, 3.63) is 0 Å². The first-order valence-corrected chi connectivity index (χ1v) is 3.19. The van der Waals surface area contributed by atoms with E-state index in [1.165, 1.54) is 0 Å². The van der Waals surface area contributed by atoms with Crippen molar-refractivity contribution in [3.8, 4) is 0 Å². The van der Waals surface area contributed by atoms with Gasteiger partial charge in [0.05, 0.1) is 0 Å². The first-order valence-electron chi connectivity index (χ1n) is 1.88. The van der Waals surface area contributed by atoms with Crippen LogP contribution in [0.5, 0.6) is 0 Å². The maximum absolute atomic E-state index is 7.17. The van der Waals surface area contributed by atoms with Crippen LogP contribution in [0.3, 0.4) is 0 Å². The number of aliphatic hydroxyl groups is 1. The minimum Gasteiger partial charge on any atom is -0.402 e. The number of aliphatic hydroxyl groups excluding tert-OH is 1. The Hall–Kier alpha value is 0.775. The molecule has 64 valence electrons. The van der Waals surface area contributed by atoms with E-state index >= 15 is 0 Å². The van der Waals surface area contributed by atoms with Gasteiger partial charge in [0.1, 0.15) is 0 Å². The third-order valence-electron chi connectivity index (χ3n) is 0. The lowest BCUT2D eigenvalue weighted by Gasteiger charge is -1.69. The third-order valence-corrected chi connectivity index (χ3v) is 0. The van der Waals surface area contributed by atoms with Crippen molar-refractivity contribution in [2.75, 3.05) is 7.11 Å². The second-order valence-electron chi connectivity index (χ2n) is 0.594. The molecule has 0 heterocycles. The molecule has 0 aromatic carbocycles. The van der Waals surface area contributed by atoms with Crippen molar-refractivity contribution in [1.29, 1.82) is 0 Å². The van der Waals surface area contributed by atoms with Crippen molar-refractivity contribution in [2.24, 2.45) is 0 Å². The Kier molecular flexibility index (Phi) is 27.9. The highest BCUT2D eigenvalue weighted by Crippen LogP contribution is 2.03. The topological polar surface area (TPSA) is 80.9 Å². The Morgan fingerprint density at radius 2 is 1.00 bits per heavy atom. The standard InChI is InChI=1S/CHCl3.CH4O.BH3O3/c2-1(3)4;1-2;2-1(3)4/h1H;2H,1H3;2-4H. The fourth-order valence-corrected chi connectivity index (χ4v) is 0. The highest BCUT2D eigenvalue weighted by Gasteiger charge is 1.92. The average molecular weight is 213 g/mol. The van der Waals surface area contributed by atoms with Crippen LogP contribution in [0.2, 0.25) is 0 Å². The molecule has 4 nitrogen and oxygen atoms in total. The van der Waals surface area contributed by atoms with E-state index in [1.807, 2.05) is 0 Å². The van der Waals surface area contributed by atoms with Gasteiger partial charge in [0, 0.05) is 7.11 Å². The number of rotatable bonds is 0. The molecule has 0 atom stereocenters. The molecule has 0 aliphatic heterocycles. The smallest absolute Gasteiger partial charge is 0.402 e. The summed E-state index contributed by atoms with van der Waals surface area (Å²) in [5, 5.41) is 28.5. The Morgan fingerprint density at radius 1 is 1.00 bits per heavy atom. The highest BCUT2D eigenvalue weighted by atomic mass is 35.6. The Morgan fingerprint density at radius 3 is 1.00 bits per heavy atom. The van der Waals surface area contributed by atoms with Gasteiger partial charge in [-0.1, -0.05) is 34.8 Å². The van der Waals surface area contributed by atoms with Gasteiger partial charge in [-0.2, -0.15) is 0 Å². The van der Waals surface area contributed by atoms with E-state index in [1.54, 1.807) is 0 Å². The number of hydrogen-bond acceptors (Lipinski definition) is 4. The lowest BCUT2D eigenvalue weighted by atomic mass is 10.3. The normalized spacial score (nSPS) is 6.90. The fourth-order valence-electron chi connectivity index (χ4n) is 0. The van der Waals surface area contributed by atoms with Crippen LogP contribution in [0.15, 0.2) is 0 Å². The fraction of sp³-hybridized carbons (Fsp3) is 1.00. The summed E-state index contributed by atoms with van der Waals surface area (Å²) in [4.78, 5) is 0. The molecule has 0 aromatic rings. The van der Waals surface area contributed by atoms with Gasteiger partial charge in [-0.25, -0.2) is 0 Å². The molecule has 10 heavy (non-hydrogen) atoms. The van der Waals surface area contributed by atoms with Crippen LogP contribution in [-0.4, -0.2) is 38.9 Å². The molecule has 8 heteroatoms. The van der Waals surface area contributed by atoms with Gasteiger partial charge in [-0.15, -0.1) is 0 Å². The molecule has 0 rings (SSSR count). The van der Waals surface area contributed by atoms with E-state index in [-0.39, 0.29) is 0 Å². The quantitative estimate of drug-likeness (QED) is 0.324. The third kappa shape index (κ3) is 883. The maximum atomic E-state index is 7.17. The predicted molar refractivity (Wildman–Crippen MR) is 41.9 cm³/mol. The number of halogens is 3. The molecule has 0 spiro atoms. The summed E-state index contributed by atoms with van der Waals surface area (Å²) in [6, 6.07) is 0. The van der Waals surface area contributed by atoms with Crippen molar-refractivity contribution >= 4 is 42.1 Å². The molecule has 0 saturated heterocycles. The summed E-state index contributed by atoms with van der Waals surface area (Å²) >= 11 is 14.4. The minimum atomic E-state index is -2.17. The summed E-state index contributed by atoms with van der Waals surface area (Å²) in [5.41, 5.74) is 0. The van der Waals surface area contributed by atoms with Gasteiger partial charge in [0.15, 0.2) is 4.30 Å². The van der Waals surface area contributed by atoms with E-state index < -0.39 is 11.6 Å². The lowest BCUT2D eigenvalue weighted by Crippen LogP contribution is -2.07. The molecule has 4 N–H and O–H groups in total. The zero-order valence-electron chi connectivity index (χ0n) is 5.08. The largest absolute Gasteiger partial charge is 0.631 e. The monoisotopic (exact) mass is 212 g/mol. The van der Waals surface area contributed by atoms with Gasteiger partial charge in [0.25, 0.3) is 0 Å². The van der Waals surface area contributed by atoms with Crippen LogP contribution in [0.25, 0.3) is 0 Å². The molecule has 0 aromatic heterocycles. The molecule has 0 radical (unpaired) electrons. The highest BCUT2D eigenvalue weighted by molar-refractivity contribution is 6.63. The molecular formula is C2H8BCl3O4. The van der Waals surface area contributed by atoms with E-state index in [4.69, 9.17) is 55.0 Å². The lowest BCUT2D eigenvalue weighted by molar-refractivity contribution is 0.278. The van der Waals surface area contributed by atoms with E-state index in [2.05, 4.69) is 0 Å². The van der Waals surface area contributed by atoms with Gasteiger partial charge in [0.2, 0.25) is 0 Å². The van der Waals surface area contributed by atoms with Gasteiger partial charge >= 0.3 is 7.32 Å². The van der Waals surface area contributed by atoms with Crippen LogP contribution >= 0.6 is 34.8 Å². The molecule has 0 aliphatic rings. The summed E-state index contributed by atoms with van der Waals surface area (Å²) < 4.78 is -0.750. The van der Waals surface area contributed by atoms with Crippen molar-refractivity contribution in [1.82, 2.24) is 0 Å². The summed E-state index contributed by atoms with van der Waals surface area (Å²) in [6.07, 6.45) is 0. The first-order chi connectivity index (χ1) is 4.46. The molecule has 0 amide bonds. The van der Waals surface area contributed by atoms with Crippen LogP contribution in [0.4, 0.5) is 0 Å². The molecule has 0 bridgehead atoms. The second kappa shape index (κ2) is 16.4. The minimum absolute atomic E-state index is 0.750.